The lowest BCUT2D eigenvalue weighted by molar-refractivity contribution is -0.119. The van der Waals surface area contributed by atoms with E-state index in [-0.39, 0.29) is 5.91 Å². The van der Waals surface area contributed by atoms with E-state index in [9.17, 15) is 4.79 Å². The third-order valence-corrected chi connectivity index (χ3v) is 3.50. The maximum Gasteiger partial charge on any atom is 0.229 e. The molecule has 0 bridgehead atoms. The number of benzene rings is 1. The second kappa shape index (κ2) is 6.75. The molecule has 0 aromatic heterocycles. The fraction of sp³-hybridized carbons (Fsp3) is 0.562. The van der Waals surface area contributed by atoms with E-state index in [4.69, 9.17) is 10.5 Å². The summed E-state index contributed by atoms with van der Waals surface area (Å²) in [7, 11) is 0. The molecule has 1 aromatic carbocycles. The maximum absolute atomic E-state index is 12.3. The van der Waals surface area contributed by atoms with E-state index in [1.54, 1.807) is 0 Å². The first-order valence-corrected chi connectivity index (χ1v) is 7.35. The number of hydrogen-bond donors (Lipinski definition) is 1. The highest BCUT2D eigenvalue weighted by Crippen LogP contribution is 2.31. The van der Waals surface area contributed by atoms with Crippen LogP contribution in [0.25, 0.3) is 0 Å². The van der Waals surface area contributed by atoms with E-state index in [0.717, 1.165) is 36.3 Å². The summed E-state index contributed by atoms with van der Waals surface area (Å²) in [4.78, 5) is 14.2. The average Bonchev–Trinajstić information content (AvgIpc) is 2.43. The van der Waals surface area contributed by atoms with Crippen LogP contribution in [-0.2, 0) is 16.0 Å². The van der Waals surface area contributed by atoms with Gasteiger partial charge < -0.3 is 15.4 Å². The van der Waals surface area contributed by atoms with Gasteiger partial charge in [0, 0.05) is 24.5 Å². The molecule has 0 atom stereocenters. The number of nitrogens with two attached hydrogens (primary N) is 1. The van der Waals surface area contributed by atoms with Crippen molar-refractivity contribution in [2.75, 3.05) is 30.4 Å². The number of carbonyl (C=O) groups excluding carboxylic acids is 1. The maximum atomic E-state index is 12.3. The number of hydrogen-bond acceptors (Lipinski definition) is 3. The van der Waals surface area contributed by atoms with Crippen molar-refractivity contribution in [2.45, 2.75) is 33.1 Å². The Labute approximate surface area is 120 Å². The summed E-state index contributed by atoms with van der Waals surface area (Å²) in [5.74, 6) is 0.626. The Balaban J connectivity index is 1.97. The van der Waals surface area contributed by atoms with E-state index in [1.807, 2.05) is 23.1 Å². The molecule has 1 amide bonds. The second-order valence-electron chi connectivity index (χ2n) is 5.71. The van der Waals surface area contributed by atoms with Crippen molar-refractivity contribution in [1.82, 2.24) is 0 Å². The van der Waals surface area contributed by atoms with Crippen LogP contribution >= 0.6 is 0 Å². The molecular weight excluding hydrogens is 252 g/mol. The van der Waals surface area contributed by atoms with Gasteiger partial charge in [-0.25, -0.2) is 0 Å². The van der Waals surface area contributed by atoms with Gasteiger partial charge in [0.2, 0.25) is 5.91 Å². The molecule has 1 aromatic rings. The predicted molar refractivity (Wildman–Crippen MR) is 81.8 cm³/mol. The van der Waals surface area contributed by atoms with Gasteiger partial charge in [0.25, 0.3) is 0 Å². The van der Waals surface area contributed by atoms with Gasteiger partial charge in [-0.3, -0.25) is 4.79 Å². The second-order valence-corrected chi connectivity index (χ2v) is 5.71. The zero-order chi connectivity index (χ0) is 14.5. The Bertz CT molecular complexity index is 472. The Morgan fingerprint density at radius 3 is 3.00 bits per heavy atom. The van der Waals surface area contributed by atoms with E-state index in [2.05, 4.69) is 13.8 Å². The number of amides is 1. The number of fused-ring (bicyclic) bond motifs is 1. The molecule has 4 heteroatoms. The fourth-order valence-electron chi connectivity index (χ4n) is 2.52. The molecule has 4 nitrogen and oxygen atoms in total. The first kappa shape index (κ1) is 14.9. The minimum atomic E-state index is 0.125. The van der Waals surface area contributed by atoms with Crippen LogP contribution < -0.4 is 10.6 Å². The molecule has 1 heterocycles. The van der Waals surface area contributed by atoms with E-state index >= 15 is 0 Å². The zero-order valence-corrected chi connectivity index (χ0v) is 12.4. The van der Waals surface area contributed by atoms with Crippen molar-refractivity contribution in [3.05, 3.63) is 23.8 Å². The monoisotopic (exact) mass is 276 g/mol. The highest BCUT2D eigenvalue weighted by atomic mass is 16.5. The molecule has 1 aliphatic heterocycles. The molecular formula is C16H24N2O2. The third-order valence-electron chi connectivity index (χ3n) is 3.50. The molecule has 110 valence electrons. The molecule has 0 aliphatic carbocycles. The van der Waals surface area contributed by atoms with Gasteiger partial charge in [0.15, 0.2) is 0 Å². The van der Waals surface area contributed by atoms with Crippen molar-refractivity contribution < 1.29 is 9.53 Å². The Hall–Kier alpha value is -1.55. The summed E-state index contributed by atoms with van der Waals surface area (Å²) in [6, 6.07) is 5.80. The molecule has 0 spiro atoms. The van der Waals surface area contributed by atoms with E-state index in [0.29, 0.717) is 25.6 Å². The quantitative estimate of drug-likeness (QED) is 0.664. The Morgan fingerprint density at radius 2 is 2.25 bits per heavy atom. The van der Waals surface area contributed by atoms with Crippen molar-refractivity contribution in [3.63, 3.8) is 0 Å². The van der Waals surface area contributed by atoms with E-state index in [1.165, 1.54) is 0 Å². The number of nitrogens with zero attached hydrogens (tertiary/aromatic N) is 1. The molecule has 1 aliphatic rings. The highest BCUT2D eigenvalue weighted by Gasteiger charge is 2.23. The Morgan fingerprint density at radius 1 is 1.45 bits per heavy atom. The normalized spacial score (nSPS) is 14.4. The Kier molecular flexibility index (Phi) is 5.01. The lowest BCUT2D eigenvalue weighted by Crippen LogP contribution is -2.36. The van der Waals surface area contributed by atoms with Crippen LogP contribution in [0.3, 0.4) is 0 Å². The van der Waals surface area contributed by atoms with Gasteiger partial charge in [-0.1, -0.05) is 19.9 Å². The van der Waals surface area contributed by atoms with E-state index < -0.39 is 0 Å². The number of ether oxygens (including phenoxy) is 1. The molecule has 0 saturated carbocycles. The lowest BCUT2D eigenvalue weighted by Gasteiger charge is -2.30. The third kappa shape index (κ3) is 3.51. The molecule has 0 radical (unpaired) electrons. The van der Waals surface area contributed by atoms with Gasteiger partial charge in [0.1, 0.15) is 0 Å². The van der Waals surface area contributed by atoms with Crippen LogP contribution in [0.2, 0.25) is 0 Å². The molecule has 2 N–H and O–H groups in total. The van der Waals surface area contributed by atoms with Crippen molar-refractivity contribution in [1.29, 1.82) is 0 Å². The minimum absolute atomic E-state index is 0.125. The zero-order valence-electron chi connectivity index (χ0n) is 12.4. The summed E-state index contributed by atoms with van der Waals surface area (Å²) < 4.78 is 5.50. The summed E-state index contributed by atoms with van der Waals surface area (Å²) >= 11 is 0. The smallest absolute Gasteiger partial charge is 0.229 e. The average molecular weight is 276 g/mol. The molecule has 0 unspecified atom stereocenters. The lowest BCUT2D eigenvalue weighted by atomic mass is 9.99. The van der Waals surface area contributed by atoms with Crippen LogP contribution in [0.15, 0.2) is 18.2 Å². The van der Waals surface area contributed by atoms with Crippen molar-refractivity contribution in [2.24, 2.45) is 5.92 Å². The highest BCUT2D eigenvalue weighted by molar-refractivity contribution is 5.95. The standard InChI is InChI=1S/C16H24N2O2/c1-12(2)11-20-10-8-16(19)18-9-4-5-13-14(17)6-3-7-15(13)18/h3,6-7,12H,4-5,8-11,17H2,1-2H3. The van der Waals surface area contributed by atoms with Crippen LogP contribution in [0.5, 0.6) is 0 Å². The first-order chi connectivity index (χ1) is 9.59. The van der Waals surface area contributed by atoms with Crippen LogP contribution in [-0.4, -0.2) is 25.7 Å². The number of nitrogen functional groups attached to an aromatic ring is 1. The van der Waals surface area contributed by atoms with Gasteiger partial charge in [-0.15, -0.1) is 0 Å². The minimum Gasteiger partial charge on any atom is -0.398 e. The van der Waals surface area contributed by atoms with Crippen LogP contribution in [0.1, 0.15) is 32.3 Å². The van der Waals surface area contributed by atoms with Gasteiger partial charge in [-0.05, 0) is 36.5 Å². The summed E-state index contributed by atoms with van der Waals surface area (Å²) in [5, 5.41) is 0. The number of anilines is 2. The summed E-state index contributed by atoms with van der Waals surface area (Å²) in [5.41, 5.74) is 8.87. The summed E-state index contributed by atoms with van der Waals surface area (Å²) in [6.07, 6.45) is 2.36. The fourth-order valence-corrected chi connectivity index (χ4v) is 2.52. The molecule has 2 rings (SSSR count). The molecule has 0 saturated heterocycles. The first-order valence-electron chi connectivity index (χ1n) is 7.35. The van der Waals surface area contributed by atoms with Crippen molar-refractivity contribution >= 4 is 17.3 Å². The number of rotatable bonds is 5. The van der Waals surface area contributed by atoms with Crippen molar-refractivity contribution in [3.8, 4) is 0 Å². The number of carbonyl (C=O) groups is 1. The van der Waals surface area contributed by atoms with Gasteiger partial charge in [0.05, 0.1) is 13.0 Å². The summed E-state index contributed by atoms with van der Waals surface area (Å²) in [6.45, 7) is 6.18. The van der Waals surface area contributed by atoms with Gasteiger partial charge in [-0.2, -0.15) is 0 Å². The van der Waals surface area contributed by atoms with Crippen LogP contribution in [0.4, 0.5) is 11.4 Å². The topological polar surface area (TPSA) is 55.6 Å². The van der Waals surface area contributed by atoms with Gasteiger partial charge >= 0.3 is 0 Å². The van der Waals surface area contributed by atoms with Crippen LogP contribution in [0, 0.1) is 5.92 Å². The molecule has 20 heavy (non-hydrogen) atoms. The predicted octanol–water partition coefficient (Wildman–Crippen LogP) is 2.61. The SMILES string of the molecule is CC(C)COCCC(=O)N1CCCc2c(N)cccc21. The molecule has 0 fully saturated rings. The largest absolute Gasteiger partial charge is 0.398 e.